The molecule has 0 atom stereocenters. The van der Waals surface area contributed by atoms with Crippen molar-refractivity contribution in [1.82, 2.24) is 9.88 Å². The molecule has 116 valence electrons. The van der Waals surface area contributed by atoms with Crippen molar-refractivity contribution < 1.29 is 14.3 Å². The predicted molar refractivity (Wildman–Crippen MR) is 82.9 cm³/mol. The van der Waals surface area contributed by atoms with Gasteiger partial charge in [-0.25, -0.2) is 4.79 Å². The van der Waals surface area contributed by atoms with Crippen LogP contribution in [-0.2, 0) is 10.3 Å². The smallest absolute Gasteiger partial charge is 0.339 e. The number of fused-ring (bicyclic) bond motifs is 2. The van der Waals surface area contributed by atoms with Gasteiger partial charge in [0.2, 0.25) is 0 Å². The molecule has 1 spiro atoms. The second kappa shape index (κ2) is 5.19. The second-order valence-electron chi connectivity index (χ2n) is 5.96. The summed E-state index contributed by atoms with van der Waals surface area (Å²) < 4.78 is 5.71. The van der Waals surface area contributed by atoms with E-state index in [2.05, 4.69) is 4.98 Å². The summed E-state index contributed by atoms with van der Waals surface area (Å²) in [7, 11) is 0. The third kappa shape index (κ3) is 2.20. The van der Waals surface area contributed by atoms with Crippen molar-refractivity contribution in [2.45, 2.75) is 18.4 Å². The molecule has 0 radical (unpaired) electrons. The molecular formula is C18H16N2O3. The van der Waals surface area contributed by atoms with E-state index in [0.717, 1.165) is 5.56 Å². The van der Waals surface area contributed by atoms with Gasteiger partial charge in [-0.3, -0.25) is 9.78 Å². The van der Waals surface area contributed by atoms with E-state index < -0.39 is 5.60 Å². The summed E-state index contributed by atoms with van der Waals surface area (Å²) in [6.45, 7) is 1.14. The molecule has 0 unspecified atom stereocenters. The minimum absolute atomic E-state index is 0.000131. The van der Waals surface area contributed by atoms with Gasteiger partial charge in [-0.05, 0) is 18.2 Å². The molecule has 1 aromatic carbocycles. The molecule has 3 heterocycles. The van der Waals surface area contributed by atoms with E-state index in [0.29, 0.717) is 37.1 Å². The molecule has 23 heavy (non-hydrogen) atoms. The molecular weight excluding hydrogens is 292 g/mol. The van der Waals surface area contributed by atoms with E-state index >= 15 is 0 Å². The van der Waals surface area contributed by atoms with E-state index in [1.807, 2.05) is 23.1 Å². The number of amides is 1. The number of aromatic nitrogens is 1. The van der Waals surface area contributed by atoms with Gasteiger partial charge in [0.1, 0.15) is 5.60 Å². The third-order valence-electron chi connectivity index (χ3n) is 4.71. The molecule has 2 aromatic rings. The Morgan fingerprint density at radius 3 is 2.52 bits per heavy atom. The molecule has 5 nitrogen and oxygen atoms in total. The number of hydrogen-bond donors (Lipinski definition) is 0. The van der Waals surface area contributed by atoms with Crippen LogP contribution in [0.15, 0.2) is 48.8 Å². The van der Waals surface area contributed by atoms with Gasteiger partial charge in [0.15, 0.2) is 0 Å². The van der Waals surface area contributed by atoms with Crippen LogP contribution >= 0.6 is 0 Å². The van der Waals surface area contributed by atoms with Crippen LogP contribution in [0.4, 0.5) is 0 Å². The van der Waals surface area contributed by atoms with Crippen molar-refractivity contribution in [3.63, 3.8) is 0 Å². The Balaban J connectivity index is 1.54. The largest absolute Gasteiger partial charge is 0.450 e. The van der Waals surface area contributed by atoms with E-state index in [4.69, 9.17) is 4.74 Å². The lowest BCUT2D eigenvalue weighted by atomic mass is 9.83. The number of hydrogen-bond acceptors (Lipinski definition) is 4. The molecule has 1 saturated heterocycles. The fourth-order valence-electron chi connectivity index (χ4n) is 3.47. The fourth-order valence-corrected chi connectivity index (χ4v) is 3.47. The Kier molecular flexibility index (Phi) is 3.15. The molecule has 1 aromatic heterocycles. The molecule has 5 heteroatoms. The summed E-state index contributed by atoms with van der Waals surface area (Å²) in [5.41, 5.74) is 1.69. The van der Waals surface area contributed by atoms with Gasteiger partial charge >= 0.3 is 5.97 Å². The summed E-state index contributed by atoms with van der Waals surface area (Å²) in [5, 5.41) is 0. The third-order valence-corrected chi connectivity index (χ3v) is 4.71. The number of benzene rings is 1. The Bertz CT molecular complexity index is 765. The number of esters is 1. The van der Waals surface area contributed by atoms with Crippen LogP contribution in [0.5, 0.6) is 0 Å². The maximum Gasteiger partial charge on any atom is 0.339 e. The summed E-state index contributed by atoms with van der Waals surface area (Å²) in [6, 6.07) is 11.0. The zero-order valence-corrected chi connectivity index (χ0v) is 12.6. The first kappa shape index (κ1) is 13.9. The minimum Gasteiger partial charge on any atom is -0.450 e. The molecule has 0 aliphatic carbocycles. The topological polar surface area (TPSA) is 59.5 Å². The highest BCUT2D eigenvalue weighted by Gasteiger charge is 2.47. The number of rotatable bonds is 1. The molecule has 1 amide bonds. The number of pyridine rings is 1. The van der Waals surface area contributed by atoms with Crippen molar-refractivity contribution >= 4 is 11.9 Å². The number of likely N-dealkylation sites (tertiary alicyclic amines) is 1. The lowest BCUT2D eigenvalue weighted by Crippen LogP contribution is -2.45. The minimum atomic E-state index is -0.567. The van der Waals surface area contributed by atoms with Gasteiger partial charge in [-0.15, -0.1) is 0 Å². The Morgan fingerprint density at radius 1 is 1.09 bits per heavy atom. The van der Waals surface area contributed by atoms with Crippen LogP contribution in [-0.4, -0.2) is 34.8 Å². The van der Waals surface area contributed by atoms with E-state index in [1.54, 1.807) is 30.6 Å². The first-order chi connectivity index (χ1) is 11.2. The second-order valence-corrected chi connectivity index (χ2v) is 5.96. The van der Waals surface area contributed by atoms with Crippen molar-refractivity contribution in [2.75, 3.05) is 13.1 Å². The first-order valence-electron chi connectivity index (χ1n) is 7.72. The average Bonchev–Trinajstić information content (AvgIpc) is 2.88. The number of piperidine rings is 1. The van der Waals surface area contributed by atoms with Gasteiger partial charge in [-0.2, -0.15) is 0 Å². The highest BCUT2D eigenvalue weighted by Crippen LogP contribution is 2.44. The summed E-state index contributed by atoms with van der Waals surface area (Å²) in [4.78, 5) is 30.3. The van der Waals surface area contributed by atoms with Crippen LogP contribution in [0.2, 0.25) is 0 Å². The van der Waals surface area contributed by atoms with Gasteiger partial charge in [-0.1, -0.05) is 18.2 Å². The molecule has 0 saturated carbocycles. The zero-order chi connectivity index (χ0) is 15.9. The highest BCUT2D eigenvalue weighted by atomic mass is 16.6. The quantitative estimate of drug-likeness (QED) is 0.759. The van der Waals surface area contributed by atoms with Crippen molar-refractivity contribution in [3.05, 3.63) is 65.5 Å². The van der Waals surface area contributed by atoms with Gasteiger partial charge in [0.05, 0.1) is 5.56 Å². The number of ether oxygens (including phenoxy) is 1. The monoisotopic (exact) mass is 308 g/mol. The van der Waals surface area contributed by atoms with E-state index in [9.17, 15) is 9.59 Å². The lowest BCUT2D eigenvalue weighted by molar-refractivity contribution is -0.0389. The Morgan fingerprint density at radius 2 is 1.78 bits per heavy atom. The summed E-state index contributed by atoms with van der Waals surface area (Å²) in [5.74, 6) is -0.255. The maximum absolute atomic E-state index is 12.5. The molecule has 4 rings (SSSR count). The van der Waals surface area contributed by atoms with Gasteiger partial charge in [0.25, 0.3) is 5.91 Å². The summed E-state index contributed by atoms with van der Waals surface area (Å²) >= 11 is 0. The van der Waals surface area contributed by atoms with Crippen LogP contribution in [0.25, 0.3) is 0 Å². The lowest BCUT2D eigenvalue weighted by Gasteiger charge is -2.38. The van der Waals surface area contributed by atoms with Gasteiger partial charge in [0, 0.05) is 49.5 Å². The van der Waals surface area contributed by atoms with Crippen molar-refractivity contribution in [1.29, 1.82) is 0 Å². The standard InChI is InChI=1S/C18H16N2O3/c21-16(13-5-9-19-10-6-13)20-11-7-18(8-12-20)15-4-2-1-3-14(15)17(22)23-18/h1-6,9-10H,7-8,11-12H2. The SMILES string of the molecule is O=C1OC2(CCN(C(=O)c3ccncc3)CC2)c2ccccc21. The fraction of sp³-hybridized carbons (Fsp3) is 0.278. The number of carbonyl (C=O) groups excluding carboxylic acids is 2. The molecule has 2 aliphatic rings. The number of carbonyl (C=O) groups is 2. The van der Waals surface area contributed by atoms with E-state index in [-0.39, 0.29) is 11.9 Å². The molecule has 0 N–H and O–H groups in total. The zero-order valence-electron chi connectivity index (χ0n) is 12.6. The van der Waals surface area contributed by atoms with Crippen molar-refractivity contribution in [2.24, 2.45) is 0 Å². The predicted octanol–water partition coefficient (Wildman–Crippen LogP) is 2.38. The molecule has 1 fully saturated rings. The van der Waals surface area contributed by atoms with Crippen LogP contribution in [0.3, 0.4) is 0 Å². The van der Waals surface area contributed by atoms with Crippen molar-refractivity contribution in [3.8, 4) is 0 Å². The highest BCUT2D eigenvalue weighted by molar-refractivity contribution is 5.95. The normalized spacial score (nSPS) is 18.6. The number of nitrogens with zero attached hydrogens (tertiary/aromatic N) is 2. The Hall–Kier alpha value is -2.69. The van der Waals surface area contributed by atoms with Gasteiger partial charge < -0.3 is 9.64 Å². The van der Waals surface area contributed by atoms with E-state index in [1.165, 1.54) is 0 Å². The summed E-state index contributed by atoms with van der Waals surface area (Å²) in [6.07, 6.45) is 4.50. The Labute approximate surface area is 133 Å². The van der Waals surface area contributed by atoms with Crippen LogP contribution in [0.1, 0.15) is 39.1 Å². The van der Waals surface area contributed by atoms with Crippen LogP contribution in [0, 0.1) is 0 Å². The van der Waals surface area contributed by atoms with Crippen LogP contribution < -0.4 is 0 Å². The molecule has 0 bridgehead atoms. The first-order valence-corrected chi connectivity index (χ1v) is 7.72. The average molecular weight is 308 g/mol. The maximum atomic E-state index is 12.5. The molecule has 2 aliphatic heterocycles.